The normalized spacial score (nSPS) is 13.6. The van der Waals surface area contributed by atoms with Gasteiger partial charge in [-0.25, -0.2) is 0 Å². The molecule has 1 aromatic rings. The third kappa shape index (κ3) is 3.77. The van der Waals surface area contributed by atoms with Crippen LogP contribution in [0.2, 0.25) is 5.02 Å². The van der Waals surface area contributed by atoms with Crippen LogP contribution in [0.1, 0.15) is 19.4 Å². The van der Waals surface area contributed by atoms with Crippen molar-refractivity contribution in [3.8, 4) is 0 Å². The number of halogens is 1. The molecule has 1 atom stereocenters. The van der Waals surface area contributed by atoms with Crippen LogP contribution in [0.15, 0.2) is 23.4 Å². The van der Waals surface area contributed by atoms with Gasteiger partial charge in [-0.1, -0.05) is 22.8 Å². The van der Waals surface area contributed by atoms with Crippen LogP contribution in [0, 0.1) is 0 Å². The molecule has 0 radical (unpaired) electrons. The second kappa shape index (κ2) is 7.36. The van der Waals surface area contributed by atoms with E-state index in [4.69, 9.17) is 22.5 Å². The first kappa shape index (κ1) is 16.6. The van der Waals surface area contributed by atoms with E-state index in [1.807, 2.05) is 26.2 Å². The van der Waals surface area contributed by atoms with Crippen LogP contribution in [0.5, 0.6) is 0 Å². The number of amidine groups is 1. The largest absolute Gasteiger partial charge is 0.409 e. The minimum atomic E-state index is 0.0288. The minimum absolute atomic E-state index is 0.0288. The predicted molar refractivity (Wildman–Crippen MR) is 85.0 cm³/mol. The van der Waals surface area contributed by atoms with Crippen molar-refractivity contribution in [3.05, 3.63) is 28.8 Å². The zero-order chi connectivity index (χ0) is 15.3. The highest BCUT2D eigenvalue weighted by Gasteiger charge is 2.20. The Labute approximate surface area is 125 Å². The maximum absolute atomic E-state index is 8.95. The van der Waals surface area contributed by atoms with E-state index in [0.29, 0.717) is 10.6 Å². The number of rotatable bonds is 6. The topological polar surface area (TPSA) is 65.1 Å². The van der Waals surface area contributed by atoms with Crippen LogP contribution >= 0.6 is 11.6 Å². The van der Waals surface area contributed by atoms with E-state index >= 15 is 0 Å². The third-order valence-corrected chi connectivity index (χ3v) is 3.48. The van der Waals surface area contributed by atoms with Crippen LogP contribution < -0.4 is 10.6 Å². The number of nitrogens with zero attached hydrogens (tertiary/aromatic N) is 3. The van der Waals surface area contributed by atoms with Crippen LogP contribution in [0.25, 0.3) is 0 Å². The molecular formula is C14H23ClN4O. The lowest BCUT2D eigenvalue weighted by molar-refractivity contribution is 0.318. The summed E-state index contributed by atoms with van der Waals surface area (Å²) in [5.41, 5.74) is 7.22. The maximum Gasteiger partial charge on any atom is 0.173 e. The molecule has 0 aliphatic carbocycles. The summed E-state index contributed by atoms with van der Waals surface area (Å²) >= 11 is 6.21. The molecule has 1 rings (SSSR count). The summed E-state index contributed by atoms with van der Waals surface area (Å²) in [5.74, 6) is 0.0288. The predicted octanol–water partition coefficient (Wildman–Crippen LogP) is 2.21. The van der Waals surface area contributed by atoms with Crippen molar-refractivity contribution in [1.29, 1.82) is 0 Å². The zero-order valence-corrected chi connectivity index (χ0v) is 13.2. The fraction of sp³-hybridized carbons (Fsp3) is 0.500. The molecule has 0 aliphatic rings. The summed E-state index contributed by atoms with van der Waals surface area (Å²) in [6.07, 6.45) is 0. The molecule has 1 unspecified atom stereocenters. The Hall–Kier alpha value is -1.46. The molecule has 5 nitrogen and oxygen atoms in total. The van der Waals surface area contributed by atoms with Gasteiger partial charge < -0.3 is 20.7 Å². The van der Waals surface area contributed by atoms with Gasteiger partial charge in [0.15, 0.2) is 5.84 Å². The van der Waals surface area contributed by atoms with Crippen molar-refractivity contribution < 1.29 is 5.21 Å². The van der Waals surface area contributed by atoms with Crippen molar-refractivity contribution in [2.24, 2.45) is 10.9 Å². The van der Waals surface area contributed by atoms with Crippen molar-refractivity contribution in [2.75, 3.05) is 32.1 Å². The van der Waals surface area contributed by atoms with Gasteiger partial charge in [-0.2, -0.15) is 0 Å². The van der Waals surface area contributed by atoms with Gasteiger partial charge in [0.25, 0.3) is 0 Å². The lowest BCUT2D eigenvalue weighted by Gasteiger charge is -2.33. The van der Waals surface area contributed by atoms with Gasteiger partial charge in [-0.15, -0.1) is 0 Å². The standard InChI is InChI=1S/C14H23ClN4O/c1-5-19(10(2)9-18(3)4)12-8-6-7-11(15)13(12)14(16)17-20/h6-8,10,20H,5,9H2,1-4H3,(H2,16,17). The second-order valence-electron chi connectivity index (χ2n) is 5.02. The molecule has 0 fully saturated rings. The quantitative estimate of drug-likeness (QED) is 0.366. The molecule has 0 saturated carbocycles. The average Bonchev–Trinajstić information content (AvgIpc) is 2.38. The Kier molecular flexibility index (Phi) is 6.10. The van der Waals surface area contributed by atoms with Gasteiger partial charge in [0.05, 0.1) is 10.6 Å². The Morgan fingerprint density at radius 1 is 1.45 bits per heavy atom. The van der Waals surface area contributed by atoms with Gasteiger partial charge >= 0.3 is 0 Å². The van der Waals surface area contributed by atoms with E-state index in [2.05, 4.69) is 28.8 Å². The van der Waals surface area contributed by atoms with E-state index in [0.717, 1.165) is 18.8 Å². The summed E-state index contributed by atoms with van der Waals surface area (Å²) in [6.45, 7) is 5.92. The summed E-state index contributed by atoms with van der Waals surface area (Å²) in [7, 11) is 4.07. The molecule has 1 aromatic carbocycles. The summed E-state index contributed by atoms with van der Waals surface area (Å²) in [4.78, 5) is 4.32. The van der Waals surface area contributed by atoms with Gasteiger partial charge in [0.1, 0.15) is 0 Å². The summed E-state index contributed by atoms with van der Waals surface area (Å²) < 4.78 is 0. The molecule has 6 heteroatoms. The highest BCUT2D eigenvalue weighted by Crippen LogP contribution is 2.28. The molecule has 0 aromatic heterocycles. The zero-order valence-electron chi connectivity index (χ0n) is 12.5. The Morgan fingerprint density at radius 2 is 2.10 bits per heavy atom. The van der Waals surface area contributed by atoms with Crippen LogP contribution in [0.4, 0.5) is 5.69 Å². The van der Waals surface area contributed by atoms with Crippen LogP contribution in [0.3, 0.4) is 0 Å². The highest BCUT2D eigenvalue weighted by atomic mass is 35.5. The fourth-order valence-electron chi connectivity index (χ4n) is 2.40. The van der Waals surface area contributed by atoms with Crippen LogP contribution in [-0.2, 0) is 0 Å². The molecule has 0 aliphatic heterocycles. The maximum atomic E-state index is 8.95. The van der Waals surface area contributed by atoms with E-state index in [9.17, 15) is 0 Å². The van der Waals surface area contributed by atoms with Gasteiger partial charge in [-0.3, -0.25) is 0 Å². The molecule has 0 amide bonds. The number of likely N-dealkylation sites (N-methyl/N-ethyl adjacent to an activating group) is 2. The fourth-order valence-corrected chi connectivity index (χ4v) is 2.67. The molecular weight excluding hydrogens is 276 g/mol. The number of hydrogen-bond acceptors (Lipinski definition) is 4. The van der Waals surface area contributed by atoms with E-state index < -0.39 is 0 Å². The number of benzene rings is 1. The Balaban J connectivity index is 3.25. The first-order chi connectivity index (χ1) is 9.42. The number of anilines is 1. The van der Waals surface area contributed by atoms with E-state index in [1.165, 1.54) is 0 Å². The first-order valence-electron chi connectivity index (χ1n) is 6.60. The van der Waals surface area contributed by atoms with Crippen molar-refractivity contribution in [2.45, 2.75) is 19.9 Å². The lowest BCUT2D eigenvalue weighted by Crippen LogP contribution is -2.41. The second-order valence-corrected chi connectivity index (χ2v) is 5.42. The third-order valence-electron chi connectivity index (χ3n) is 3.17. The minimum Gasteiger partial charge on any atom is -0.409 e. The summed E-state index contributed by atoms with van der Waals surface area (Å²) in [6, 6.07) is 5.83. The smallest absolute Gasteiger partial charge is 0.173 e. The van der Waals surface area contributed by atoms with Gasteiger partial charge in [-0.05, 0) is 40.1 Å². The SMILES string of the molecule is CCN(c1cccc(Cl)c1/C(N)=N/O)C(C)CN(C)C. The van der Waals surface area contributed by atoms with Gasteiger partial charge in [0, 0.05) is 24.8 Å². The molecule has 0 spiro atoms. The van der Waals surface area contributed by atoms with Crippen molar-refractivity contribution >= 4 is 23.1 Å². The van der Waals surface area contributed by atoms with Crippen molar-refractivity contribution in [1.82, 2.24) is 4.90 Å². The van der Waals surface area contributed by atoms with E-state index in [1.54, 1.807) is 6.07 Å². The molecule has 0 heterocycles. The highest BCUT2D eigenvalue weighted by molar-refractivity contribution is 6.34. The molecule has 3 N–H and O–H groups in total. The van der Waals surface area contributed by atoms with E-state index in [-0.39, 0.29) is 11.9 Å². The summed E-state index contributed by atoms with van der Waals surface area (Å²) in [5, 5.41) is 12.5. The Bertz CT molecular complexity index is 476. The molecule has 0 bridgehead atoms. The van der Waals surface area contributed by atoms with Gasteiger partial charge in [0.2, 0.25) is 0 Å². The monoisotopic (exact) mass is 298 g/mol. The molecule has 20 heavy (non-hydrogen) atoms. The number of hydrogen-bond donors (Lipinski definition) is 2. The van der Waals surface area contributed by atoms with Crippen LogP contribution in [-0.4, -0.2) is 49.2 Å². The van der Waals surface area contributed by atoms with Crippen molar-refractivity contribution in [3.63, 3.8) is 0 Å². The lowest BCUT2D eigenvalue weighted by atomic mass is 10.1. The molecule has 112 valence electrons. The first-order valence-corrected chi connectivity index (χ1v) is 6.97. The number of nitrogens with two attached hydrogens (primary N) is 1. The Morgan fingerprint density at radius 3 is 2.60 bits per heavy atom. The number of oxime groups is 1. The molecule has 0 saturated heterocycles. The average molecular weight is 299 g/mol.